The third-order valence-electron chi connectivity index (χ3n) is 3.11. The highest BCUT2D eigenvalue weighted by atomic mass is 14.3. The Labute approximate surface area is 111 Å². The zero-order chi connectivity index (χ0) is 13.1. The maximum atomic E-state index is 9.11. The number of rotatable bonds is 8. The van der Waals surface area contributed by atoms with E-state index in [1.54, 1.807) is 0 Å². The van der Waals surface area contributed by atoms with Gasteiger partial charge in [0.2, 0.25) is 0 Å². The molecule has 0 bridgehead atoms. The van der Waals surface area contributed by atoms with Crippen molar-refractivity contribution in [1.82, 2.24) is 0 Å². The summed E-state index contributed by atoms with van der Waals surface area (Å²) >= 11 is 0. The Morgan fingerprint density at radius 2 is 1.83 bits per heavy atom. The Balaban J connectivity index is 2.30. The van der Waals surface area contributed by atoms with Crippen molar-refractivity contribution in [3.63, 3.8) is 0 Å². The molecule has 0 N–H and O–H groups in total. The number of nitrogens with zero attached hydrogens (tertiary/aromatic N) is 1. The van der Waals surface area contributed by atoms with Crippen LogP contribution in [0, 0.1) is 17.2 Å². The molecule has 0 amide bonds. The molecule has 0 spiro atoms. The Morgan fingerprint density at radius 1 is 1.11 bits per heavy atom. The molecule has 1 aromatic rings. The smallest absolute Gasteiger partial charge is 0.0697 e. The summed E-state index contributed by atoms with van der Waals surface area (Å²) in [5, 5.41) is 9.11. The summed E-state index contributed by atoms with van der Waals surface area (Å²) in [4.78, 5) is 0. The van der Waals surface area contributed by atoms with Crippen molar-refractivity contribution in [3.05, 3.63) is 42.0 Å². The Morgan fingerprint density at radius 3 is 2.50 bits per heavy atom. The van der Waals surface area contributed by atoms with E-state index in [1.165, 1.54) is 31.2 Å². The van der Waals surface area contributed by atoms with Crippen LogP contribution in [-0.4, -0.2) is 0 Å². The number of hydrogen-bond donors (Lipinski definition) is 0. The second-order valence-corrected chi connectivity index (χ2v) is 4.71. The van der Waals surface area contributed by atoms with Crippen LogP contribution in [-0.2, 0) is 0 Å². The third kappa shape index (κ3) is 6.25. The zero-order valence-electron chi connectivity index (χ0n) is 11.3. The van der Waals surface area contributed by atoms with Crippen molar-refractivity contribution in [2.45, 2.75) is 45.4 Å². The minimum Gasteiger partial charge on any atom is -0.198 e. The third-order valence-corrected chi connectivity index (χ3v) is 3.11. The zero-order valence-corrected chi connectivity index (χ0v) is 11.3. The van der Waals surface area contributed by atoms with E-state index >= 15 is 0 Å². The maximum Gasteiger partial charge on any atom is 0.0697 e. The van der Waals surface area contributed by atoms with Gasteiger partial charge in [-0.1, -0.05) is 81.5 Å². The Hall–Kier alpha value is -1.55. The van der Waals surface area contributed by atoms with Crippen LogP contribution in [0.15, 0.2) is 36.4 Å². The summed E-state index contributed by atoms with van der Waals surface area (Å²) in [5.74, 6) is 0.0619. The second kappa shape index (κ2) is 9.48. The molecule has 0 saturated carbocycles. The van der Waals surface area contributed by atoms with Gasteiger partial charge in [-0.25, -0.2) is 0 Å². The van der Waals surface area contributed by atoms with Gasteiger partial charge in [-0.3, -0.25) is 0 Å². The number of nitriles is 1. The van der Waals surface area contributed by atoms with Crippen LogP contribution in [0.3, 0.4) is 0 Å². The average molecular weight is 241 g/mol. The van der Waals surface area contributed by atoms with Crippen molar-refractivity contribution < 1.29 is 0 Å². The van der Waals surface area contributed by atoms with Gasteiger partial charge in [0.05, 0.1) is 12.0 Å². The van der Waals surface area contributed by atoms with Crippen molar-refractivity contribution >= 4 is 6.08 Å². The van der Waals surface area contributed by atoms with Crippen LogP contribution in [0.4, 0.5) is 0 Å². The predicted molar refractivity (Wildman–Crippen MR) is 78.0 cm³/mol. The fraction of sp³-hybridized carbons (Fsp3) is 0.471. The fourth-order valence-corrected chi connectivity index (χ4v) is 1.96. The van der Waals surface area contributed by atoms with Crippen molar-refractivity contribution in [1.29, 1.82) is 5.26 Å². The summed E-state index contributed by atoms with van der Waals surface area (Å²) < 4.78 is 0. The van der Waals surface area contributed by atoms with Crippen molar-refractivity contribution in [2.75, 3.05) is 0 Å². The van der Waals surface area contributed by atoms with Crippen molar-refractivity contribution in [2.24, 2.45) is 5.92 Å². The summed E-state index contributed by atoms with van der Waals surface area (Å²) in [6.45, 7) is 2.22. The molecule has 0 aliphatic heterocycles. The summed E-state index contributed by atoms with van der Waals surface area (Å²) in [7, 11) is 0. The van der Waals surface area contributed by atoms with Gasteiger partial charge in [-0.05, 0) is 12.0 Å². The quantitative estimate of drug-likeness (QED) is 0.574. The highest BCUT2D eigenvalue weighted by Crippen LogP contribution is 2.14. The lowest BCUT2D eigenvalue weighted by Crippen LogP contribution is -1.92. The number of hydrogen-bond acceptors (Lipinski definition) is 1. The molecule has 0 fully saturated rings. The number of unbranched alkanes of at least 4 members (excludes halogenated alkanes) is 4. The molecule has 1 rings (SSSR count). The SMILES string of the molecule is CCCCCCC[C@H](C#N)/C=C/c1ccccc1. The van der Waals surface area contributed by atoms with E-state index in [0.717, 1.165) is 12.8 Å². The summed E-state index contributed by atoms with van der Waals surface area (Å²) in [6, 6.07) is 12.5. The molecule has 0 heterocycles. The van der Waals surface area contributed by atoms with Gasteiger partial charge < -0.3 is 0 Å². The largest absolute Gasteiger partial charge is 0.198 e. The topological polar surface area (TPSA) is 23.8 Å². The predicted octanol–water partition coefficient (Wildman–Crippen LogP) is 5.20. The Kier molecular flexibility index (Phi) is 7.64. The minimum atomic E-state index is 0.0619. The molecule has 0 aliphatic rings. The van der Waals surface area contributed by atoms with Gasteiger partial charge >= 0.3 is 0 Å². The van der Waals surface area contributed by atoms with Crippen LogP contribution in [0.25, 0.3) is 6.08 Å². The van der Waals surface area contributed by atoms with Crippen molar-refractivity contribution in [3.8, 4) is 6.07 Å². The van der Waals surface area contributed by atoms with Gasteiger partial charge in [0, 0.05) is 0 Å². The average Bonchev–Trinajstić information content (AvgIpc) is 2.43. The molecule has 96 valence electrons. The standard InChI is InChI=1S/C17H23N/c1-2-3-4-5-7-12-17(15-18)14-13-16-10-8-6-9-11-16/h6,8-11,13-14,17H,2-5,7,12H2,1H3/b14-13+/t17-/m0/s1. The molecule has 0 aromatic heterocycles. The molecule has 1 aromatic carbocycles. The molecule has 1 atom stereocenters. The van der Waals surface area contributed by atoms with E-state index in [0.29, 0.717) is 0 Å². The lowest BCUT2D eigenvalue weighted by Gasteiger charge is -2.03. The monoisotopic (exact) mass is 241 g/mol. The van der Waals surface area contributed by atoms with E-state index in [1.807, 2.05) is 24.3 Å². The van der Waals surface area contributed by atoms with Crippen LogP contribution >= 0.6 is 0 Å². The molecular weight excluding hydrogens is 218 g/mol. The molecule has 0 saturated heterocycles. The molecule has 0 radical (unpaired) electrons. The minimum absolute atomic E-state index is 0.0619. The number of benzene rings is 1. The molecule has 18 heavy (non-hydrogen) atoms. The van der Waals surface area contributed by atoms with Gasteiger partial charge in [0.25, 0.3) is 0 Å². The van der Waals surface area contributed by atoms with E-state index in [-0.39, 0.29) is 5.92 Å². The lowest BCUT2D eigenvalue weighted by molar-refractivity contribution is 0.580. The molecule has 0 aliphatic carbocycles. The van der Waals surface area contributed by atoms with Crippen LogP contribution < -0.4 is 0 Å². The molecule has 1 nitrogen and oxygen atoms in total. The van der Waals surface area contributed by atoms with E-state index < -0.39 is 0 Å². The molecule has 0 unspecified atom stereocenters. The van der Waals surface area contributed by atoms with E-state index in [9.17, 15) is 0 Å². The first-order valence-electron chi connectivity index (χ1n) is 6.99. The summed E-state index contributed by atoms with van der Waals surface area (Å²) in [6.07, 6.45) is 11.4. The van der Waals surface area contributed by atoms with Crippen LogP contribution in [0.1, 0.15) is 51.0 Å². The highest BCUT2D eigenvalue weighted by Gasteiger charge is 2.02. The van der Waals surface area contributed by atoms with Crippen LogP contribution in [0.2, 0.25) is 0 Å². The van der Waals surface area contributed by atoms with Gasteiger partial charge in [-0.2, -0.15) is 5.26 Å². The first-order chi connectivity index (χ1) is 8.86. The van der Waals surface area contributed by atoms with Gasteiger partial charge in [-0.15, -0.1) is 0 Å². The van der Waals surface area contributed by atoms with Gasteiger partial charge in [0.15, 0.2) is 0 Å². The van der Waals surface area contributed by atoms with E-state index in [4.69, 9.17) is 5.26 Å². The summed E-state index contributed by atoms with van der Waals surface area (Å²) in [5.41, 5.74) is 1.17. The molecular formula is C17H23N. The number of allylic oxidation sites excluding steroid dienone is 1. The lowest BCUT2D eigenvalue weighted by atomic mass is 10.0. The molecule has 1 heteroatoms. The van der Waals surface area contributed by atoms with Crippen LogP contribution in [0.5, 0.6) is 0 Å². The highest BCUT2D eigenvalue weighted by molar-refractivity contribution is 5.49. The normalized spacial score (nSPS) is 12.4. The Bertz CT molecular complexity index is 372. The van der Waals surface area contributed by atoms with Gasteiger partial charge in [0.1, 0.15) is 0 Å². The second-order valence-electron chi connectivity index (χ2n) is 4.71. The first-order valence-corrected chi connectivity index (χ1v) is 6.99. The maximum absolute atomic E-state index is 9.11. The fourth-order valence-electron chi connectivity index (χ4n) is 1.96. The van der Waals surface area contributed by atoms with E-state index in [2.05, 4.69) is 31.2 Å². The first kappa shape index (κ1) is 14.5.